The van der Waals surface area contributed by atoms with Crippen molar-refractivity contribution in [2.45, 2.75) is 0 Å². The number of hydrogen-bond donors (Lipinski definition) is 2. The number of carbonyl (C=O) groups is 1. The molecule has 0 radical (unpaired) electrons. The number of nitrogens with zero attached hydrogens (tertiary/aromatic N) is 6. The van der Waals surface area contributed by atoms with E-state index in [1.54, 1.807) is 19.2 Å². The van der Waals surface area contributed by atoms with Crippen molar-refractivity contribution in [2.75, 3.05) is 12.4 Å². The monoisotopic (exact) mass is 362 g/mol. The Bertz CT molecular complexity index is 1070. The number of amides is 1. The van der Waals surface area contributed by atoms with Crippen LogP contribution in [0.15, 0.2) is 55.4 Å². The first-order chi connectivity index (χ1) is 13.2. The standard InChI is InChI=1S/C17H14N8O2/c1-27-14-5-3-2-4-11(14)12-6-13(24-23-12)17(26)22-15-7-16(20-9-19-15)25-10-18-8-21-25/h2-10H,1H3,(H,23,24)(H,19,20,22,26). The second kappa shape index (κ2) is 7.04. The maximum Gasteiger partial charge on any atom is 0.274 e. The third-order valence-corrected chi connectivity index (χ3v) is 3.75. The van der Waals surface area contributed by atoms with Gasteiger partial charge >= 0.3 is 0 Å². The zero-order valence-corrected chi connectivity index (χ0v) is 14.2. The first kappa shape index (κ1) is 16.4. The van der Waals surface area contributed by atoms with Gasteiger partial charge in [-0.15, -0.1) is 0 Å². The van der Waals surface area contributed by atoms with Gasteiger partial charge in [0.25, 0.3) is 5.91 Å². The van der Waals surface area contributed by atoms with E-state index in [2.05, 4.69) is 35.6 Å². The predicted octanol–water partition coefficient (Wildman–Crippen LogP) is 1.71. The number of benzene rings is 1. The van der Waals surface area contributed by atoms with Crippen LogP contribution in [0.2, 0.25) is 0 Å². The molecule has 0 bridgehead atoms. The molecule has 0 saturated carbocycles. The van der Waals surface area contributed by atoms with Crippen LogP contribution in [0.1, 0.15) is 10.5 Å². The van der Waals surface area contributed by atoms with Crippen LogP contribution < -0.4 is 10.1 Å². The lowest BCUT2D eigenvalue weighted by Gasteiger charge is -2.05. The molecule has 3 aromatic heterocycles. The molecule has 4 aromatic rings. The molecule has 3 heterocycles. The van der Waals surface area contributed by atoms with Gasteiger partial charge in [0.1, 0.15) is 36.2 Å². The molecule has 4 rings (SSSR count). The van der Waals surface area contributed by atoms with Crippen molar-refractivity contribution in [3.8, 4) is 22.8 Å². The van der Waals surface area contributed by atoms with Gasteiger partial charge in [-0.05, 0) is 18.2 Å². The maximum atomic E-state index is 12.5. The minimum Gasteiger partial charge on any atom is -0.496 e. The molecular weight excluding hydrogens is 348 g/mol. The highest BCUT2D eigenvalue weighted by Gasteiger charge is 2.14. The molecule has 0 spiro atoms. The Labute approximate surface area is 153 Å². The molecule has 0 atom stereocenters. The van der Waals surface area contributed by atoms with Gasteiger partial charge in [0.05, 0.1) is 12.8 Å². The molecule has 0 aliphatic heterocycles. The molecule has 0 aliphatic carbocycles. The van der Waals surface area contributed by atoms with E-state index in [4.69, 9.17) is 4.74 Å². The Morgan fingerprint density at radius 3 is 2.89 bits per heavy atom. The first-order valence-electron chi connectivity index (χ1n) is 7.92. The van der Waals surface area contributed by atoms with Gasteiger partial charge in [-0.25, -0.2) is 19.6 Å². The zero-order valence-electron chi connectivity index (χ0n) is 14.2. The summed E-state index contributed by atoms with van der Waals surface area (Å²) in [6, 6.07) is 10.7. The van der Waals surface area contributed by atoms with E-state index in [0.717, 1.165) is 5.56 Å². The molecule has 1 aromatic carbocycles. The smallest absolute Gasteiger partial charge is 0.274 e. The molecule has 10 nitrogen and oxygen atoms in total. The Balaban J connectivity index is 1.55. The van der Waals surface area contributed by atoms with Crippen molar-refractivity contribution in [1.82, 2.24) is 34.9 Å². The number of H-pyrrole nitrogens is 1. The minimum absolute atomic E-state index is 0.289. The number of nitrogens with one attached hydrogen (secondary N) is 2. The normalized spacial score (nSPS) is 10.6. The molecule has 0 saturated heterocycles. The van der Waals surface area contributed by atoms with Crippen molar-refractivity contribution < 1.29 is 9.53 Å². The lowest BCUT2D eigenvalue weighted by molar-refractivity contribution is 0.102. The van der Waals surface area contributed by atoms with Crippen molar-refractivity contribution in [3.05, 3.63) is 61.1 Å². The number of anilines is 1. The SMILES string of the molecule is COc1ccccc1-c1cc(C(=O)Nc2cc(-n3cncn3)ncn2)[nH]n1. The number of carbonyl (C=O) groups excluding carboxylic acids is 1. The van der Waals surface area contributed by atoms with Crippen LogP contribution in [0.5, 0.6) is 5.75 Å². The number of ether oxygens (including phenoxy) is 1. The van der Waals surface area contributed by atoms with Crippen molar-refractivity contribution in [1.29, 1.82) is 0 Å². The zero-order chi connectivity index (χ0) is 18.6. The molecule has 0 aliphatic rings. The van der Waals surface area contributed by atoms with E-state index in [1.165, 1.54) is 23.7 Å². The Morgan fingerprint density at radius 2 is 2.07 bits per heavy atom. The van der Waals surface area contributed by atoms with Crippen LogP contribution in [0, 0.1) is 0 Å². The fourth-order valence-corrected chi connectivity index (χ4v) is 2.48. The molecule has 10 heteroatoms. The molecule has 0 fully saturated rings. The number of methoxy groups -OCH3 is 1. The number of rotatable bonds is 5. The van der Waals surface area contributed by atoms with E-state index in [0.29, 0.717) is 23.1 Å². The van der Waals surface area contributed by atoms with Gasteiger partial charge in [0, 0.05) is 11.6 Å². The fraction of sp³-hybridized carbons (Fsp3) is 0.0588. The lowest BCUT2D eigenvalue weighted by Crippen LogP contribution is -2.14. The molecular formula is C17H14N8O2. The summed E-state index contributed by atoms with van der Waals surface area (Å²) in [5.74, 6) is 1.10. The van der Waals surface area contributed by atoms with E-state index in [9.17, 15) is 4.79 Å². The number of hydrogen-bond acceptors (Lipinski definition) is 7. The highest BCUT2D eigenvalue weighted by atomic mass is 16.5. The summed E-state index contributed by atoms with van der Waals surface area (Å²) in [6.45, 7) is 0. The van der Waals surface area contributed by atoms with E-state index in [1.807, 2.05) is 24.3 Å². The Morgan fingerprint density at radius 1 is 1.19 bits per heavy atom. The van der Waals surface area contributed by atoms with E-state index in [-0.39, 0.29) is 11.6 Å². The molecule has 0 unspecified atom stereocenters. The van der Waals surface area contributed by atoms with Crippen LogP contribution in [0.4, 0.5) is 5.82 Å². The van der Waals surface area contributed by atoms with Crippen molar-refractivity contribution in [3.63, 3.8) is 0 Å². The Kier molecular flexibility index (Phi) is 4.27. The number of para-hydroxylation sites is 1. The van der Waals surface area contributed by atoms with Gasteiger partial charge in [-0.1, -0.05) is 12.1 Å². The van der Waals surface area contributed by atoms with Gasteiger partial charge in [0.2, 0.25) is 0 Å². The molecule has 27 heavy (non-hydrogen) atoms. The van der Waals surface area contributed by atoms with Crippen LogP contribution in [0.3, 0.4) is 0 Å². The highest BCUT2D eigenvalue weighted by Crippen LogP contribution is 2.28. The summed E-state index contributed by atoms with van der Waals surface area (Å²) in [4.78, 5) is 24.5. The van der Waals surface area contributed by atoms with E-state index >= 15 is 0 Å². The summed E-state index contributed by atoms with van der Waals surface area (Å²) in [7, 11) is 1.58. The molecule has 1 amide bonds. The average molecular weight is 362 g/mol. The first-order valence-corrected chi connectivity index (χ1v) is 7.92. The summed E-state index contributed by atoms with van der Waals surface area (Å²) >= 11 is 0. The van der Waals surface area contributed by atoms with Crippen LogP contribution in [-0.4, -0.2) is 47.9 Å². The predicted molar refractivity (Wildman–Crippen MR) is 95.5 cm³/mol. The topological polar surface area (TPSA) is 123 Å². The summed E-state index contributed by atoms with van der Waals surface area (Å²) < 4.78 is 6.79. The largest absolute Gasteiger partial charge is 0.496 e. The lowest BCUT2D eigenvalue weighted by atomic mass is 10.1. The van der Waals surface area contributed by atoms with Gasteiger partial charge < -0.3 is 10.1 Å². The van der Waals surface area contributed by atoms with Crippen LogP contribution in [-0.2, 0) is 0 Å². The average Bonchev–Trinajstić information content (AvgIpc) is 3.40. The van der Waals surface area contributed by atoms with E-state index < -0.39 is 0 Å². The third-order valence-electron chi connectivity index (χ3n) is 3.75. The maximum absolute atomic E-state index is 12.5. The Hall–Kier alpha value is -4.08. The molecule has 134 valence electrons. The quantitative estimate of drug-likeness (QED) is 0.554. The second-order valence-corrected chi connectivity index (χ2v) is 5.42. The number of aromatic nitrogens is 7. The summed E-state index contributed by atoms with van der Waals surface area (Å²) in [5.41, 5.74) is 1.67. The van der Waals surface area contributed by atoms with Crippen LogP contribution >= 0.6 is 0 Å². The third kappa shape index (κ3) is 3.35. The fourth-order valence-electron chi connectivity index (χ4n) is 2.48. The number of aromatic amines is 1. The minimum atomic E-state index is -0.383. The summed E-state index contributed by atoms with van der Waals surface area (Å²) in [5, 5.41) is 13.6. The van der Waals surface area contributed by atoms with Crippen molar-refractivity contribution in [2.24, 2.45) is 0 Å². The summed E-state index contributed by atoms with van der Waals surface area (Å²) in [6.07, 6.45) is 4.23. The van der Waals surface area contributed by atoms with Gasteiger partial charge in [-0.2, -0.15) is 10.2 Å². The van der Waals surface area contributed by atoms with Gasteiger partial charge in [0.15, 0.2) is 5.82 Å². The molecule has 2 N–H and O–H groups in total. The van der Waals surface area contributed by atoms with Crippen molar-refractivity contribution >= 4 is 11.7 Å². The van der Waals surface area contributed by atoms with Crippen LogP contribution in [0.25, 0.3) is 17.1 Å². The second-order valence-electron chi connectivity index (χ2n) is 5.42. The highest BCUT2D eigenvalue weighted by molar-refractivity contribution is 6.03. The van der Waals surface area contributed by atoms with Gasteiger partial charge in [-0.3, -0.25) is 9.89 Å².